The number of benzene rings is 1. The van der Waals surface area contributed by atoms with Crippen molar-refractivity contribution in [1.29, 1.82) is 0 Å². The smallest absolute Gasteiger partial charge is 0.304 e. The van der Waals surface area contributed by atoms with Gasteiger partial charge < -0.3 is 9.84 Å². The first kappa shape index (κ1) is 16.1. The molecule has 3 heteroatoms. The van der Waals surface area contributed by atoms with Crippen molar-refractivity contribution in [3.63, 3.8) is 0 Å². The van der Waals surface area contributed by atoms with Crippen LogP contribution in [-0.2, 0) is 4.79 Å². The molecule has 0 fully saturated rings. The van der Waals surface area contributed by atoms with Crippen molar-refractivity contribution >= 4 is 5.97 Å². The second-order valence-corrected chi connectivity index (χ2v) is 5.18. The number of hydrogen-bond donors (Lipinski definition) is 1. The van der Waals surface area contributed by atoms with Crippen molar-refractivity contribution in [2.45, 2.75) is 46.1 Å². The molecule has 0 saturated heterocycles. The molecule has 0 unspecified atom stereocenters. The van der Waals surface area contributed by atoms with Gasteiger partial charge >= 0.3 is 5.97 Å². The molecule has 3 nitrogen and oxygen atoms in total. The summed E-state index contributed by atoms with van der Waals surface area (Å²) in [6, 6.07) is 7.53. The molecule has 0 aliphatic carbocycles. The third-order valence-corrected chi connectivity index (χ3v) is 3.24. The average molecular weight is 274 g/mol. The Labute approximate surface area is 121 Å². The molecule has 0 spiro atoms. The molecule has 0 bridgehead atoms. The van der Waals surface area contributed by atoms with Crippen LogP contribution >= 0.6 is 0 Å². The number of carboxylic acids is 1. The van der Waals surface area contributed by atoms with Gasteiger partial charge in [0.2, 0.25) is 0 Å². The number of carbonyl (C=O) groups is 1. The molecular formula is C17H22O3. The summed E-state index contributed by atoms with van der Waals surface area (Å²) in [5, 5.41) is 8.91. The summed E-state index contributed by atoms with van der Waals surface area (Å²) in [4.78, 5) is 10.9. The van der Waals surface area contributed by atoms with Gasteiger partial charge in [-0.3, -0.25) is 4.79 Å². The molecule has 2 atom stereocenters. The minimum Gasteiger partial charge on any atom is -0.490 e. The van der Waals surface area contributed by atoms with E-state index in [1.54, 1.807) is 6.92 Å². The SMILES string of the molecule is CC#C[C@@H](CC(=O)O)c1ccc(O[C@H](C)C(C)C)cc1. The molecule has 1 aromatic rings. The van der Waals surface area contributed by atoms with Crippen LogP contribution in [0.4, 0.5) is 0 Å². The van der Waals surface area contributed by atoms with Crippen molar-refractivity contribution in [2.24, 2.45) is 5.92 Å². The lowest BCUT2D eigenvalue weighted by atomic mass is 9.96. The number of hydrogen-bond acceptors (Lipinski definition) is 2. The Kier molecular flexibility index (Phi) is 6.11. The fourth-order valence-electron chi connectivity index (χ4n) is 1.73. The molecule has 1 rings (SSSR count). The molecule has 1 aromatic carbocycles. The largest absolute Gasteiger partial charge is 0.490 e. The Morgan fingerprint density at radius 2 is 1.85 bits per heavy atom. The third-order valence-electron chi connectivity index (χ3n) is 3.24. The van der Waals surface area contributed by atoms with Gasteiger partial charge in [-0.2, -0.15) is 0 Å². The zero-order chi connectivity index (χ0) is 15.1. The summed E-state index contributed by atoms with van der Waals surface area (Å²) in [7, 11) is 0. The van der Waals surface area contributed by atoms with Crippen LogP contribution in [0.3, 0.4) is 0 Å². The number of aliphatic carboxylic acids is 1. The maximum absolute atomic E-state index is 10.9. The van der Waals surface area contributed by atoms with Crippen LogP contribution in [0, 0.1) is 17.8 Å². The molecular weight excluding hydrogens is 252 g/mol. The van der Waals surface area contributed by atoms with E-state index in [-0.39, 0.29) is 18.4 Å². The highest BCUT2D eigenvalue weighted by Gasteiger charge is 2.14. The predicted molar refractivity (Wildman–Crippen MR) is 79.8 cm³/mol. The van der Waals surface area contributed by atoms with Crippen LogP contribution < -0.4 is 4.74 Å². The lowest BCUT2D eigenvalue weighted by Crippen LogP contribution is -2.18. The quantitative estimate of drug-likeness (QED) is 0.805. The molecule has 108 valence electrons. The van der Waals surface area contributed by atoms with Crippen LogP contribution in [-0.4, -0.2) is 17.2 Å². The minimum atomic E-state index is -0.841. The molecule has 0 aromatic heterocycles. The molecule has 1 N–H and O–H groups in total. The van der Waals surface area contributed by atoms with E-state index in [9.17, 15) is 4.79 Å². The van der Waals surface area contributed by atoms with Crippen molar-refractivity contribution < 1.29 is 14.6 Å². The predicted octanol–water partition coefficient (Wildman–Crippen LogP) is 3.69. The molecule has 20 heavy (non-hydrogen) atoms. The Morgan fingerprint density at radius 3 is 2.30 bits per heavy atom. The number of rotatable bonds is 6. The Morgan fingerprint density at radius 1 is 1.25 bits per heavy atom. The lowest BCUT2D eigenvalue weighted by molar-refractivity contribution is -0.137. The van der Waals surface area contributed by atoms with Gasteiger partial charge in [0.05, 0.1) is 18.4 Å². The molecule has 0 amide bonds. The van der Waals surface area contributed by atoms with Gasteiger partial charge in [0.1, 0.15) is 5.75 Å². The molecule has 0 aliphatic rings. The highest BCUT2D eigenvalue weighted by Crippen LogP contribution is 2.23. The van der Waals surface area contributed by atoms with Gasteiger partial charge in [-0.25, -0.2) is 0 Å². The Bertz CT molecular complexity index is 491. The monoisotopic (exact) mass is 274 g/mol. The summed E-state index contributed by atoms with van der Waals surface area (Å²) in [6.07, 6.45) is 0.162. The van der Waals surface area contributed by atoms with E-state index in [2.05, 4.69) is 25.7 Å². The molecule has 0 aliphatic heterocycles. The highest BCUT2D eigenvalue weighted by molar-refractivity contribution is 5.69. The maximum atomic E-state index is 10.9. The van der Waals surface area contributed by atoms with E-state index in [0.717, 1.165) is 11.3 Å². The first-order valence-electron chi connectivity index (χ1n) is 6.84. The Hall–Kier alpha value is -1.95. The summed E-state index contributed by atoms with van der Waals surface area (Å²) in [5.74, 6) is 5.86. The first-order valence-corrected chi connectivity index (χ1v) is 6.84. The van der Waals surface area contributed by atoms with Crippen LogP contribution in [0.15, 0.2) is 24.3 Å². The van der Waals surface area contributed by atoms with Crippen LogP contribution in [0.25, 0.3) is 0 Å². The lowest BCUT2D eigenvalue weighted by Gasteiger charge is -2.18. The topological polar surface area (TPSA) is 46.5 Å². The normalized spacial score (nSPS) is 13.2. The average Bonchev–Trinajstić information content (AvgIpc) is 2.38. The van der Waals surface area contributed by atoms with Crippen LogP contribution in [0.1, 0.15) is 45.6 Å². The highest BCUT2D eigenvalue weighted by atomic mass is 16.5. The van der Waals surface area contributed by atoms with Gasteiger partial charge in [-0.05, 0) is 37.5 Å². The molecule has 0 saturated carbocycles. The van der Waals surface area contributed by atoms with Crippen molar-refractivity contribution in [3.05, 3.63) is 29.8 Å². The third kappa shape index (κ3) is 4.97. The fraction of sp³-hybridized carbons (Fsp3) is 0.471. The summed E-state index contributed by atoms with van der Waals surface area (Å²) in [5.41, 5.74) is 0.909. The first-order chi connectivity index (χ1) is 9.43. The van der Waals surface area contributed by atoms with Crippen molar-refractivity contribution in [2.75, 3.05) is 0 Å². The van der Waals surface area contributed by atoms with E-state index in [1.165, 1.54) is 0 Å². The number of carboxylic acid groups (broad SMARTS) is 1. The van der Waals surface area contributed by atoms with E-state index >= 15 is 0 Å². The second kappa shape index (κ2) is 7.59. The van der Waals surface area contributed by atoms with Gasteiger partial charge in [0, 0.05) is 0 Å². The van der Waals surface area contributed by atoms with Gasteiger partial charge in [-0.15, -0.1) is 5.92 Å². The van der Waals surface area contributed by atoms with E-state index in [1.807, 2.05) is 31.2 Å². The summed E-state index contributed by atoms with van der Waals surface area (Å²) < 4.78 is 5.80. The zero-order valence-corrected chi connectivity index (χ0v) is 12.5. The van der Waals surface area contributed by atoms with Crippen LogP contribution in [0.5, 0.6) is 5.75 Å². The van der Waals surface area contributed by atoms with Crippen molar-refractivity contribution in [3.8, 4) is 17.6 Å². The van der Waals surface area contributed by atoms with E-state index in [4.69, 9.17) is 9.84 Å². The zero-order valence-electron chi connectivity index (χ0n) is 12.5. The summed E-state index contributed by atoms with van der Waals surface area (Å²) >= 11 is 0. The number of ether oxygens (including phenoxy) is 1. The Balaban J connectivity index is 2.82. The van der Waals surface area contributed by atoms with Gasteiger partial charge in [-0.1, -0.05) is 31.9 Å². The fourth-order valence-corrected chi connectivity index (χ4v) is 1.73. The standard InChI is InChI=1S/C17H22O3/c1-5-6-15(11-17(18)19)14-7-9-16(10-8-14)20-13(4)12(2)3/h7-10,12-13,15H,11H2,1-4H3,(H,18,19)/t13-,15+/m1/s1. The second-order valence-electron chi connectivity index (χ2n) is 5.18. The minimum absolute atomic E-state index is 0.0173. The maximum Gasteiger partial charge on any atom is 0.304 e. The molecule has 0 radical (unpaired) electrons. The summed E-state index contributed by atoms with van der Waals surface area (Å²) in [6.45, 7) is 7.97. The van der Waals surface area contributed by atoms with Gasteiger partial charge in [0.25, 0.3) is 0 Å². The molecule has 0 heterocycles. The van der Waals surface area contributed by atoms with E-state index in [0.29, 0.717) is 5.92 Å². The van der Waals surface area contributed by atoms with Crippen LogP contribution in [0.2, 0.25) is 0 Å². The van der Waals surface area contributed by atoms with Gasteiger partial charge in [0.15, 0.2) is 0 Å². The van der Waals surface area contributed by atoms with Crippen molar-refractivity contribution in [1.82, 2.24) is 0 Å². The van der Waals surface area contributed by atoms with E-state index < -0.39 is 5.97 Å².